The Kier molecular flexibility index (Phi) is 60.4. The van der Waals surface area contributed by atoms with E-state index in [1.165, 1.54) is 295 Å². The van der Waals surface area contributed by atoms with Crippen LogP contribution in [0.25, 0.3) is 0 Å². The van der Waals surface area contributed by atoms with E-state index >= 15 is 0 Å². The smallest absolute Gasteiger partial charge is 0.0654 e. The van der Waals surface area contributed by atoms with E-state index in [1.807, 2.05) is 0 Å². The molecule has 0 aromatic carbocycles. The van der Waals surface area contributed by atoms with E-state index in [9.17, 15) is 9.59 Å². The molecule has 436 valence electrons. The summed E-state index contributed by atoms with van der Waals surface area (Å²) >= 11 is 5.25. The zero-order valence-electron chi connectivity index (χ0n) is 50.2. The van der Waals surface area contributed by atoms with Crippen LogP contribution in [0.5, 0.6) is 0 Å². The van der Waals surface area contributed by atoms with Crippen LogP contribution in [-0.4, -0.2) is 42.6 Å². The van der Waals surface area contributed by atoms with E-state index in [1.54, 1.807) is 0 Å². The third-order valence-corrected chi connectivity index (χ3v) is 26.8. The van der Waals surface area contributed by atoms with Crippen LogP contribution in [0.1, 0.15) is 374 Å². The number of hydrogen-bond donors (Lipinski definition) is 2. The van der Waals surface area contributed by atoms with Gasteiger partial charge >= 0.3 is 311 Å². The van der Waals surface area contributed by atoms with Crippen molar-refractivity contribution in [1.29, 1.82) is 0 Å². The second-order valence-electron chi connectivity index (χ2n) is 23.6. The molecule has 0 N–H and O–H groups in total. The molecule has 0 heterocycles. The minimum absolute atomic E-state index is 0.120. The summed E-state index contributed by atoms with van der Waals surface area (Å²) in [7, 11) is 0. The van der Waals surface area contributed by atoms with Gasteiger partial charge in [-0.25, -0.2) is 0 Å². The van der Waals surface area contributed by atoms with Crippen molar-refractivity contribution in [2.75, 3.05) is 11.5 Å². The molecule has 0 saturated carbocycles. The third-order valence-electron chi connectivity index (χ3n) is 16.3. The van der Waals surface area contributed by atoms with E-state index in [4.69, 9.17) is 31.4 Å². The molecule has 0 saturated heterocycles. The van der Waals surface area contributed by atoms with Gasteiger partial charge in [-0.1, -0.05) is 168 Å². The Morgan fingerprint density at radius 3 is 0.616 bits per heavy atom. The summed E-state index contributed by atoms with van der Waals surface area (Å²) in [6.07, 6.45) is 70.5. The molecule has 0 bridgehead atoms. The quantitative estimate of drug-likeness (QED) is 0.0362. The topological polar surface area (TPSA) is 52.6 Å². The van der Waals surface area contributed by atoms with Gasteiger partial charge in [0, 0.05) is 0 Å². The summed E-state index contributed by atoms with van der Waals surface area (Å²) in [5, 5.41) is 0. The van der Waals surface area contributed by atoms with Gasteiger partial charge in [-0.2, -0.15) is 0 Å². The third kappa shape index (κ3) is 50.4. The second kappa shape index (κ2) is 60.1. The summed E-state index contributed by atoms with van der Waals surface area (Å²) in [5.74, 6) is 0.312. The van der Waals surface area contributed by atoms with Crippen molar-refractivity contribution in [3.05, 3.63) is 0 Å². The van der Waals surface area contributed by atoms with Gasteiger partial charge in [0.1, 0.15) is 0 Å². The average Bonchev–Trinajstić information content (AvgIpc) is 3.39. The Hall–Kier alpha value is 0.439. The van der Waals surface area contributed by atoms with Gasteiger partial charge < -0.3 is 0 Å². The molecule has 0 aromatic rings. The number of thiol groups is 2. The van der Waals surface area contributed by atoms with Gasteiger partial charge in [0.15, 0.2) is 0 Å². The van der Waals surface area contributed by atoms with Crippen molar-refractivity contribution in [2.24, 2.45) is 11.8 Å². The van der Waals surface area contributed by atoms with Crippen LogP contribution in [0.4, 0.5) is 0 Å². The molecular weight excluding hydrogens is 1040 g/mol. The van der Waals surface area contributed by atoms with Crippen LogP contribution >= 0.6 is 25.3 Å². The van der Waals surface area contributed by atoms with Crippen molar-refractivity contribution in [3.63, 3.8) is 0 Å². The summed E-state index contributed by atoms with van der Waals surface area (Å²) in [6, 6.07) is 0. The van der Waals surface area contributed by atoms with Gasteiger partial charge in [-0.15, -0.1) is 0 Å². The number of carbonyl (C=O) groups is 2. The van der Waals surface area contributed by atoms with Crippen molar-refractivity contribution in [3.8, 4) is 0 Å². The van der Waals surface area contributed by atoms with Crippen molar-refractivity contribution in [1.82, 2.24) is 0 Å². The molecular formula is C66H132O4S2Sn. The second-order valence-corrected chi connectivity index (χ2v) is 33.5. The molecule has 73 heavy (non-hydrogen) atoms. The molecule has 2 unspecified atom stereocenters. The van der Waals surface area contributed by atoms with E-state index in [-0.39, 0.29) is 23.8 Å². The summed E-state index contributed by atoms with van der Waals surface area (Å²) in [5.41, 5.74) is 0. The Labute approximate surface area is 475 Å². The molecule has 0 aromatic heterocycles. The van der Waals surface area contributed by atoms with Gasteiger partial charge in [0.05, 0.1) is 0 Å². The molecule has 4 nitrogen and oxygen atoms in total. The maximum absolute atomic E-state index is 14.2. The zero-order valence-corrected chi connectivity index (χ0v) is 54.8. The number of rotatable bonds is 62. The van der Waals surface area contributed by atoms with Gasteiger partial charge in [0.25, 0.3) is 0 Å². The fourth-order valence-corrected chi connectivity index (χ4v) is 21.3. The number of carbonyl (C=O) groups excluding carboxylic acids is 2. The van der Waals surface area contributed by atoms with Gasteiger partial charge in [-0.3, -0.25) is 0 Å². The van der Waals surface area contributed by atoms with Gasteiger partial charge in [-0.05, 0) is 0 Å². The van der Waals surface area contributed by atoms with Crippen LogP contribution in [-0.2, 0) is 15.7 Å². The van der Waals surface area contributed by atoms with Crippen molar-refractivity contribution < 1.29 is 15.7 Å². The Balaban J connectivity index is 4.91. The molecule has 7 heteroatoms. The SMILES string of the molecule is CCCCCCCCCCCCCCCCCCCCCCC(CS)C(=O)[O][Sn]([CH2]CCCCCCC)([CH2]CCCCCCC)[O]C(=O)C(CS)CCCCCCCCCCCCCCCCCCCCCC. The monoisotopic (exact) mass is 1170 g/mol. The summed E-state index contributed by atoms with van der Waals surface area (Å²) in [4.78, 5) is 28.5. The predicted octanol–water partition coefficient (Wildman–Crippen LogP) is 23.8. The first kappa shape index (κ1) is 73.4. The van der Waals surface area contributed by atoms with Crippen LogP contribution in [0.2, 0.25) is 8.87 Å². The Bertz CT molecular complexity index is 1020. The number of hydrogen-bond acceptors (Lipinski definition) is 6. The average molecular weight is 1170 g/mol. The number of unbranched alkanes of at least 4 members (excludes halogenated alkanes) is 48. The van der Waals surface area contributed by atoms with Crippen LogP contribution in [0.3, 0.4) is 0 Å². The molecule has 0 rings (SSSR count). The van der Waals surface area contributed by atoms with E-state index < -0.39 is 19.2 Å². The zero-order chi connectivity index (χ0) is 53.2. The first-order chi connectivity index (χ1) is 35.9. The molecule has 0 aliphatic rings. The van der Waals surface area contributed by atoms with E-state index in [0.717, 1.165) is 60.2 Å². The fraction of sp³-hybridized carbons (Fsp3) is 0.970. The molecule has 0 amide bonds. The first-order valence-electron chi connectivity index (χ1n) is 33.6. The van der Waals surface area contributed by atoms with Crippen LogP contribution in [0.15, 0.2) is 0 Å². The molecule has 0 aliphatic heterocycles. The minimum atomic E-state index is -4.19. The van der Waals surface area contributed by atoms with Crippen LogP contribution < -0.4 is 0 Å². The minimum Gasteiger partial charge on any atom is -0.0654 e. The van der Waals surface area contributed by atoms with E-state index in [2.05, 4.69) is 27.7 Å². The molecule has 0 fully saturated rings. The molecule has 0 spiro atoms. The van der Waals surface area contributed by atoms with Crippen molar-refractivity contribution in [2.45, 2.75) is 383 Å². The Morgan fingerprint density at radius 2 is 0.438 bits per heavy atom. The Morgan fingerprint density at radius 1 is 0.274 bits per heavy atom. The fourth-order valence-electron chi connectivity index (χ4n) is 11.1. The standard InChI is InChI=1S/2C25H50O2S.2C8H17.Sn/c2*1-2-3-4-5-6-7-8-9-10-11-12-13-14-15-16-17-18-19-20-21-22-24(23-28)25(26)27;2*1-3-5-7-8-6-4-2;/h2*24,28H,2-23H2,1H3,(H,26,27);2*1,3-8H2,2H3;/q;;;;+2/p-2. The summed E-state index contributed by atoms with van der Waals surface area (Å²) < 4.78 is 15.2. The molecule has 0 radical (unpaired) electrons. The molecule has 2 atom stereocenters. The summed E-state index contributed by atoms with van der Waals surface area (Å²) in [6.45, 7) is 9.13. The first-order valence-corrected chi connectivity index (χ1v) is 41.2. The molecule has 0 aliphatic carbocycles. The predicted molar refractivity (Wildman–Crippen MR) is 334 cm³/mol. The van der Waals surface area contributed by atoms with E-state index in [0.29, 0.717) is 11.5 Å². The van der Waals surface area contributed by atoms with Gasteiger partial charge in [0.2, 0.25) is 0 Å². The normalized spacial score (nSPS) is 12.7. The van der Waals surface area contributed by atoms with Crippen LogP contribution in [0, 0.1) is 11.8 Å². The maximum atomic E-state index is 14.2. The van der Waals surface area contributed by atoms with Crippen molar-refractivity contribution >= 4 is 56.4 Å².